The van der Waals surface area contributed by atoms with Crippen LogP contribution in [-0.2, 0) is 27.4 Å². The highest BCUT2D eigenvalue weighted by atomic mass is 32.2. The highest BCUT2D eigenvalue weighted by Crippen LogP contribution is 2.46. The van der Waals surface area contributed by atoms with Crippen LogP contribution in [0, 0.1) is 11.7 Å². The molecule has 1 saturated heterocycles. The van der Waals surface area contributed by atoms with E-state index in [1.165, 1.54) is 28.8 Å². The molecule has 12 heteroatoms. The lowest BCUT2D eigenvalue weighted by atomic mass is 9.93. The molecule has 5 rings (SSSR count). The van der Waals surface area contributed by atoms with E-state index in [9.17, 15) is 30.8 Å². The Balaban J connectivity index is 0.00000336. The van der Waals surface area contributed by atoms with Gasteiger partial charge in [0.2, 0.25) is 10.0 Å². The number of piperidine rings is 1. The van der Waals surface area contributed by atoms with Crippen molar-refractivity contribution in [3.8, 4) is 11.3 Å². The van der Waals surface area contributed by atoms with Gasteiger partial charge in [-0.05, 0) is 74.1 Å². The zero-order valence-corrected chi connectivity index (χ0v) is 20.2. The molecule has 202 valence electrons. The number of nitrogens with zero attached hydrogens (tertiary/aromatic N) is 4. The molecule has 1 aliphatic heterocycles. The number of fused-ring (bicyclic) bond motifs is 2. The Morgan fingerprint density at radius 2 is 1.76 bits per heavy atom. The van der Waals surface area contributed by atoms with Gasteiger partial charge in [0.05, 0.1) is 16.6 Å². The predicted octanol–water partition coefficient (Wildman–Crippen LogP) is 5.08. The van der Waals surface area contributed by atoms with Gasteiger partial charge in [-0.25, -0.2) is 22.8 Å². The Bertz CT molecular complexity index is 1410. The van der Waals surface area contributed by atoms with Crippen molar-refractivity contribution in [1.29, 1.82) is 0 Å². The number of rotatable bonds is 7. The third-order valence-corrected chi connectivity index (χ3v) is 8.89. The molecule has 0 amide bonds. The molecule has 3 aromatic rings. The van der Waals surface area contributed by atoms with E-state index in [0.717, 1.165) is 30.8 Å². The number of halogens is 4. The van der Waals surface area contributed by atoms with Crippen molar-refractivity contribution in [2.75, 3.05) is 0 Å². The normalized spacial score (nSPS) is 21.3. The zero-order chi connectivity index (χ0) is 26.4. The molecular weight excluding hydrogens is 524 g/mol. The van der Waals surface area contributed by atoms with Gasteiger partial charge < -0.3 is 0 Å². The van der Waals surface area contributed by atoms with E-state index in [1.54, 1.807) is 6.07 Å². The number of hydrogen-bond acceptors (Lipinski definition) is 6. The van der Waals surface area contributed by atoms with Crippen molar-refractivity contribution in [3.63, 3.8) is 0 Å². The Morgan fingerprint density at radius 3 is 2.42 bits per heavy atom. The van der Waals surface area contributed by atoms with Crippen molar-refractivity contribution in [3.05, 3.63) is 72.2 Å². The number of benzene rings is 1. The van der Waals surface area contributed by atoms with Crippen LogP contribution in [0.2, 0.25) is 0 Å². The van der Waals surface area contributed by atoms with E-state index in [4.69, 9.17) is 0 Å². The van der Waals surface area contributed by atoms with Gasteiger partial charge in [0.1, 0.15) is 17.8 Å². The van der Waals surface area contributed by atoms with E-state index in [1.807, 2.05) is 0 Å². The smallest absolute Gasteiger partial charge is 0.298 e. The number of aryl methyl sites for hydroxylation is 1. The molecule has 0 N–H and O–H groups in total. The first-order valence-electron chi connectivity index (χ1n) is 11.7. The highest BCUT2D eigenvalue weighted by Gasteiger charge is 2.53. The predicted molar refractivity (Wildman–Crippen MR) is 131 cm³/mol. The lowest BCUT2D eigenvalue weighted by molar-refractivity contribution is -0.141. The average molecular weight is 551 g/mol. The number of carbonyl (C=O) groups is 1. The van der Waals surface area contributed by atoms with Gasteiger partial charge in [0.15, 0.2) is 5.78 Å². The van der Waals surface area contributed by atoms with E-state index in [0.29, 0.717) is 29.8 Å². The van der Waals surface area contributed by atoms with Gasteiger partial charge in [0.25, 0.3) is 0 Å². The second-order valence-corrected chi connectivity index (χ2v) is 11.1. The molecule has 1 aromatic carbocycles. The van der Waals surface area contributed by atoms with Gasteiger partial charge in [0, 0.05) is 29.9 Å². The third kappa shape index (κ3) is 5.32. The Kier molecular flexibility index (Phi) is 7.67. The first-order chi connectivity index (χ1) is 17.5. The van der Waals surface area contributed by atoms with Crippen LogP contribution in [0.4, 0.5) is 17.6 Å². The molecule has 2 fully saturated rings. The van der Waals surface area contributed by atoms with Crippen LogP contribution in [0.15, 0.2) is 59.9 Å². The largest absolute Gasteiger partial charge is 0.433 e. The summed E-state index contributed by atoms with van der Waals surface area (Å²) in [6.07, 6.45) is 0.0677. The van der Waals surface area contributed by atoms with Gasteiger partial charge in [-0.15, -0.1) is 0 Å². The summed E-state index contributed by atoms with van der Waals surface area (Å²) in [6.45, 7) is 0. The summed E-state index contributed by atoms with van der Waals surface area (Å²) < 4.78 is 79.7. The van der Waals surface area contributed by atoms with Gasteiger partial charge in [-0.2, -0.15) is 17.5 Å². The van der Waals surface area contributed by atoms with Crippen LogP contribution in [0.1, 0.15) is 44.5 Å². The van der Waals surface area contributed by atoms with Crippen molar-refractivity contribution in [2.45, 2.75) is 62.7 Å². The molecule has 1 saturated carbocycles. The fraction of sp³-hybridized carbons (Fsp3) is 0.385. The van der Waals surface area contributed by atoms with Crippen LogP contribution < -0.4 is 0 Å². The monoisotopic (exact) mass is 550 g/mol. The number of carbonyl (C=O) groups excluding carboxylic acids is 1. The maximum Gasteiger partial charge on any atom is 0.433 e. The standard InChI is InChI=1S/C25H22F4N4O3S.CH4/c26-17-3-7-20(8-4-17)37(35,36)33-19-6-1-15(11-19)24(33)22(34)9-5-18-12-21(32-14-31-18)16-2-10-23(30-13-16)25(27,28)29;/h2-4,7-8,10,12-15,19,24H,1,5-6,9,11H2;1H4/t15-,19+,24-;/m0./s1. The maximum absolute atomic E-state index is 13.4. The van der Waals surface area contributed by atoms with Crippen molar-refractivity contribution in [2.24, 2.45) is 5.92 Å². The number of sulfonamides is 1. The molecule has 0 spiro atoms. The van der Waals surface area contributed by atoms with Crippen molar-refractivity contribution < 1.29 is 30.8 Å². The molecule has 7 nitrogen and oxygen atoms in total. The lowest BCUT2D eigenvalue weighted by Gasteiger charge is -2.33. The summed E-state index contributed by atoms with van der Waals surface area (Å²) in [5, 5.41) is 0. The molecule has 0 unspecified atom stereocenters. The molecule has 2 bridgehead atoms. The van der Waals surface area contributed by atoms with Crippen LogP contribution in [-0.4, -0.2) is 45.5 Å². The lowest BCUT2D eigenvalue weighted by Crippen LogP contribution is -2.49. The summed E-state index contributed by atoms with van der Waals surface area (Å²) >= 11 is 0. The number of hydrogen-bond donors (Lipinski definition) is 0. The summed E-state index contributed by atoms with van der Waals surface area (Å²) in [5.74, 6) is -0.855. The fourth-order valence-corrected chi connectivity index (χ4v) is 7.12. The van der Waals surface area contributed by atoms with Crippen molar-refractivity contribution in [1.82, 2.24) is 19.3 Å². The number of ketones is 1. The quantitative estimate of drug-likeness (QED) is 0.381. The number of alkyl halides is 3. The minimum Gasteiger partial charge on any atom is -0.298 e. The Morgan fingerprint density at radius 1 is 1.03 bits per heavy atom. The van der Waals surface area contributed by atoms with Crippen LogP contribution in [0.25, 0.3) is 11.3 Å². The minimum absolute atomic E-state index is 0. The average Bonchev–Trinajstić information content (AvgIpc) is 3.50. The van der Waals surface area contributed by atoms with Crippen LogP contribution >= 0.6 is 0 Å². The zero-order valence-electron chi connectivity index (χ0n) is 19.4. The molecule has 2 aromatic heterocycles. The fourth-order valence-electron chi connectivity index (χ4n) is 5.23. The number of pyridine rings is 1. The Labute approximate surface area is 218 Å². The summed E-state index contributed by atoms with van der Waals surface area (Å²) in [5.41, 5.74) is 0.211. The molecule has 3 atom stereocenters. The number of Topliss-reactive ketones (excluding diaryl/α,β-unsaturated/α-hetero) is 1. The van der Waals surface area contributed by atoms with Gasteiger partial charge in [-0.3, -0.25) is 9.78 Å². The van der Waals surface area contributed by atoms with Crippen LogP contribution in [0.3, 0.4) is 0 Å². The second kappa shape index (κ2) is 10.5. The van der Waals surface area contributed by atoms with Crippen molar-refractivity contribution >= 4 is 15.8 Å². The molecule has 1 aliphatic carbocycles. The Hall–Kier alpha value is -3.25. The topological polar surface area (TPSA) is 93.1 Å². The second-order valence-electron chi connectivity index (χ2n) is 9.25. The van der Waals surface area contributed by atoms with Crippen LogP contribution in [0.5, 0.6) is 0 Å². The SMILES string of the molecule is C.O=C(CCc1cc(-c2ccc(C(F)(F)F)nc2)ncn1)[C@@H]1[C@H]2CC[C@H](C2)N1S(=O)(=O)c1ccc(F)cc1. The van der Waals surface area contributed by atoms with E-state index < -0.39 is 33.8 Å². The first-order valence-corrected chi connectivity index (χ1v) is 13.1. The summed E-state index contributed by atoms with van der Waals surface area (Å²) in [4.78, 5) is 25.0. The van der Waals surface area contributed by atoms with E-state index in [2.05, 4.69) is 15.0 Å². The van der Waals surface area contributed by atoms with E-state index in [-0.39, 0.29) is 42.9 Å². The molecule has 3 heterocycles. The highest BCUT2D eigenvalue weighted by molar-refractivity contribution is 7.89. The molecular formula is C26H26F4N4O3S. The third-order valence-electron chi connectivity index (χ3n) is 6.95. The molecule has 38 heavy (non-hydrogen) atoms. The number of aromatic nitrogens is 3. The maximum atomic E-state index is 13.4. The summed E-state index contributed by atoms with van der Waals surface area (Å²) in [6, 6.07) is 7.21. The van der Waals surface area contributed by atoms with Gasteiger partial charge >= 0.3 is 6.18 Å². The molecule has 2 aliphatic rings. The van der Waals surface area contributed by atoms with Gasteiger partial charge in [-0.1, -0.05) is 7.43 Å². The van der Waals surface area contributed by atoms with E-state index >= 15 is 0 Å². The summed E-state index contributed by atoms with van der Waals surface area (Å²) in [7, 11) is -3.99. The first kappa shape index (κ1) is 27.8. The minimum atomic E-state index is -4.55. The molecule has 0 radical (unpaired) electrons.